The summed E-state index contributed by atoms with van der Waals surface area (Å²) in [5.41, 5.74) is 4.96. The Hall–Kier alpha value is -1.23. The molecule has 1 heterocycles. The fourth-order valence-electron chi connectivity index (χ4n) is 2.24. The predicted molar refractivity (Wildman–Crippen MR) is 90.0 cm³/mol. The van der Waals surface area contributed by atoms with E-state index in [1.807, 2.05) is 0 Å². The fourth-order valence-corrected chi connectivity index (χ4v) is 3.19. The van der Waals surface area contributed by atoms with Crippen LogP contribution in [0.25, 0.3) is 11.3 Å². The number of hydrogen-bond donors (Lipinski definition) is 2. The van der Waals surface area contributed by atoms with Gasteiger partial charge in [0.1, 0.15) is 0 Å². The van der Waals surface area contributed by atoms with Crippen LogP contribution >= 0.6 is 11.3 Å². The highest BCUT2D eigenvalue weighted by Gasteiger charge is 2.10. The van der Waals surface area contributed by atoms with Gasteiger partial charge in [0, 0.05) is 30.0 Å². The molecule has 3 nitrogen and oxygen atoms in total. The molecule has 0 amide bonds. The van der Waals surface area contributed by atoms with Gasteiger partial charge in [-0.1, -0.05) is 12.1 Å². The molecule has 0 radical (unpaired) electrons. The minimum absolute atomic E-state index is 0.250. The largest absolute Gasteiger partial charge is 0.396 e. The summed E-state index contributed by atoms with van der Waals surface area (Å²) >= 11 is 1.78. The van der Waals surface area contributed by atoms with Gasteiger partial charge in [-0.25, -0.2) is 4.98 Å². The molecule has 0 aliphatic heterocycles. The monoisotopic (exact) mass is 304 g/mol. The number of aliphatic hydroxyl groups excluding tert-OH is 1. The summed E-state index contributed by atoms with van der Waals surface area (Å²) in [6, 6.07) is 6.55. The molecule has 0 aliphatic rings. The number of thiazole rings is 1. The van der Waals surface area contributed by atoms with Gasteiger partial charge in [-0.15, -0.1) is 11.3 Å². The van der Waals surface area contributed by atoms with E-state index < -0.39 is 0 Å². The number of nitrogens with one attached hydrogen (secondary N) is 1. The van der Waals surface area contributed by atoms with Crippen LogP contribution in [-0.2, 0) is 6.42 Å². The van der Waals surface area contributed by atoms with E-state index >= 15 is 0 Å². The lowest BCUT2D eigenvalue weighted by Gasteiger charge is -2.03. The summed E-state index contributed by atoms with van der Waals surface area (Å²) < 4.78 is 0. The molecule has 2 N–H and O–H groups in total. The Morgan fingerprint density at radius 1 is 1.14 bits per heavy atom. The van der Waals surface area contributed by atoms with Crippen LogP contribution in [0.5, 0.6) is 0 Å². The third kappa shape index (κ3) is 4.37. The van der Waals surface area contributed by atoms with Crippen molar-refractivity contribution in [1.29, 1.82) is 0 Å². The minimum Gasteiger partial charge on any atom is -0.396 e. The topological polar surface area (TPSA) is 45.2 Å². The molecule has 0 unspecified atom stereocenters. The normalized spacial score (nSPS) is 11.0. The number of aryl methyl sites for hydroxylation is 3. The van der Waals surface area contributed by atoms with E-state index in [0.29, 0.717) is 0 Å². The quantitative estimate of drug-likeness (QED) is 0.772. The van der Waals surface area contributed by atoms with Crippen LogP contribution in [0.3, 0.4) is 0 Å². The van der Waals surface area contributed by atoms with E-state index in [2.05, 4.69) is 44.3 Å². The summed E-state index contributed by atoms with van der Waals surface area (Å²) in [4.78, 5) is 6.08. The molecule has 4 heteroatoms. The third-order valence-electron chi connectivity index (χ3n) is 3.65. The van der Waals surface area contributed by atoms with Gasteiger partial charge in [-0.2, -0.15) is 0 Å². The average molecular weight is 304 g/mol. The number of benzene rings is 1. The van der Waals surface area contributed by atoms with Gasteiger partial charge < -0.3 is 10.4 Å². The molecule has 0 atom stereocenters. The van der Waals surface area contributed by atoms with Crippen molar-refractivity contribution in [2.24, 2.45) is 0 Å². The smallest absolute Gasteiger partial charge is 0.0948 e. The van der Waals surface area contributed by atoms with Gasteiger partial charge in [0.05, 0.1) is 10.7 Å². The Labute approximate surface area is 131 Å². The zero-order valence-corrected chi connectivity index (χ0v) is 13.9. The Balaban J connectivity index is 2.03. The second-order valence-corrected chi connectivity index (χ2v) is 6.68. The van der Waals surface area contributed by atoms with Gasteiger partial charge in [0.2, 0.25) is 0 Å². The van der Waals surface area contributed by atoms with Crippen LogP contribution in [0.2, 0.25) is 0 Å². The summed E-state index contributed by atoms with van der Waals surface area (Å²) in [6.45, 7) is 8.46. The molecule has 114 valence electrons. The molecule has 0 fully saturated rings. The standard InChI is InChI=1S/C17H24N2OS/c1-12-5-6-15(11-13(12)2)17-14(3)21-16(19-17)7-9-18-8-4-10-20/h5-6,11,18,20H,4,7-10H2,1-3H3. The lowest BCUT2D eigenvalue weighted by Crippen LogP contribution is -2.19. The lowest BCUT2D eigenvalue weighted by molar-refractivity contribution is 0.286. The van der Waals surface area contributed by atoms with Crippen LogP contribution in [-0.4, -0.2) is 29.8 Å². The number of nitrogens with zero attached hydrogens (tertiary/aromatic N) is 1. The number of hydrogen-bond acceptors (Lipinski definition) is 4. The molecule has 0 aliphatic carbocycles. The van der Waals surface area contributed by atoms with Crippen molar-refractivity contribution in [3.8, 4) is 11.3 Å². The molecule has 2 rings (SSSR count). The van der Waals surface area contributed by atoms with E-state index in [1.165, 1.54) is 26.6 Å². The van der Waals surface area contributed by atoms with E-state index in [1.54, 1.807) is 11.3 Å². The van der Waals surface area contributed by atoms with Gasteiger partial charge in [0.15, 0.2) is 0 Å². The number of aromatic nitrogens is 1. The van der Waals surface area contributed by atoms with E-state index in [9.17, 15) is 0 Å². The first-order valence-corrected chi connectivity index (χ1v) is 8.29. The van der Waals surface area contributed by atoms with E-state index in [4.69, 9.17) is 10.1 Å². The molecular weight excluding hydrogens is 280 g/mol. The molecule has 1 aromatic carbocycles. The van der Waals surface area contributed by atoms with Crippen molar-refractivity contribution in [2.75, 3.05) is 19.7 Å². The second-order valence-electron chi connectivity index (χ2n) is 5.39. The zero-order chi connectivity index (χ0) is 15.2. The summed E-state index contributed by atoms with van der Waals surface area (Å²) in [6.07, 6.45) is 1.76. The molecule has 0 spiro atoms. The zero-order valence-electron chi connectivity index (χ0n) is 13.1. The van der Waals surface area contributed by atoms with Gasteiger partial charge in [0.25, 0.3) is 0 Å². The van der Waals surface area contributed by atoms with Crippen molar-refractivity contribution < 1.29 is 5.11 Å². The summed E-state index contributed by atoms with van der Waals surface area (Å²) in [7, 11) is 0. The maximum atomic E-state index is 8.74. The Morgan fingerprint density at radius 3 is 2.67 bits per heavy atom. The predicted octanol–water partition coefficient (Wildman–Crippen LogP) is 3.25. The van der Waals surface area contributed by atoms with Crippen molar-refractivity contribution >= 4 is 11.3 Å². The van der Waals surface area contributed by atoms with Crippen LogP contribution in [0.15, 0.2) is 18.2 Å². The third-order valence-corrected chi connectivity index (χ3v) is 4.68. The Kier molecular flexibility index (Phi) is 5.91. The SMILES string of the molecule is Cc1ccc(-c2nc(CCNCCCO)sc2C)cc1C. The van der Waals surface area contributed by atoms with Crippen molar-refractivity contribution in [2.45, 2.75) is 33.6 Å². The molecule has 0 bridgehead atoms. The average Bonchev–Trinajstić information content (AvgIpc) is 2.83. The molecule has 0 saturated carbocycles. The Morgan fingerprint density at radius 2 is 1.95 bits per heavy atom. The molecule has 0 saturated heterocycles. The van der Waals surface area contributed by atoms with Crippen molar-refractivity contribution in [1.82, 2.24) is 10.3 Å². The second kappa shape index (κ2) is 7.69. The maximum Gasteiger partial charge on any atom is 0.0948 e. The molecular formula is C17H24N2OS. The van der Waals surface area contributed by atoms with E-state index in [0.717, 1.165) is 31.6 Å². The minimum atomic E-state index is 0.250. The highest BCUT2D eigenvalue weighted by atomic mass is 32.1. The Bertz CT molecular complexity index is 592. The number of rotatable bonds is 7. The van der Waals surface area contributed by atoms with Gasteiger partial charge in [-0.3, -0.25) is 0 Å². The van der Waals surface area contributed by atoms with Crippen LogP contribution in [0, 0.1) is 20.8 Å². The molecule has 1 aromatic heterocycles. The highest BCUT2D eigenvalue weighted by molar-refractivity contribution is 7.12. The van der Waals surface area contributed by atoms with Crippen molar-refractivity contribution in [3.63, 3.8) is 0 Å². The molecule has 21 heavy (non-hydrogen) atoms. The first-order valence-electron chi connectivity index (χ1n) is 7.47. The van der Waals surface area contributed by atoms with Gasteiger partial charge >= 0.3 is 0 Å². The van der Waals surface area contributed by atoms with Crippen LogP contribution < -0.4 is 5.32 Å². The summed E-state index contributed by atoms with van der Waals surface area (Å²) in [5, 5.41) is 13.2. The van der Waals surface area contributed by atoms with Gasteiger partial charge in [-0.05, 0) is 50.9 Å². The summed E-state index contributed by atoms with van der Waals surface area (Å²) in [5.74, 6) is 0. The van der Waals surface area contributed by atoms with Crippen molar-refractivity contribution in [3.05, 3.63) is 39.2 Å². The van der Waals surface area contributed by atoms with Crippen LogP contribution in [0.1, 0.15) is 27.4 Å². The lowest BCUT2D eigenvalue weighted by atomic mass is 10.0. The van der Waals surface area contributed by atoms with E-state index in [-0.39, 0.29) is 6.61 Å². The number of aliphatic hydroxyl groups is 1. The fraction of sp³-hybridized carbons (Fsp3) is 0.471. The maximum absolute atomic E-state index is 8.74. The first-order chi connectivity index (χ1) is 10.1. The van der Waals surface area contributed by atoms with Crippen LogP contribution in [0.4, 0.5) is 0 Å². The highest BCUT2D eigenvalue weighted by Crippen LogP contribution is 2.28. The first kappa shape index (κ1) is 16.1. The molecule has 2 aromatic rings.